The van der Waals surface area contributed by atoms with E-state index in [4.69, 9.17) is 4.74 Å². The van der Waals surface area contributed by atoms with Gasteiger partial charge in [0.15, 0.2) is 0 Å². The van der Waals surface area contributed by atoms with Crippen LogP contribution in [0.4, 0.5) is 0 Å². The average molecular weight is 465 g/mol. The molecule has 0 radical (unpaired) electrons. The highest BCUT2D eigenvalue weighted by Crippen LogP contribution is 2.37. The number of nitrogens with zero attached hydrogens (tertiary/aromatic N) is 1. The zero-order valence-corrected chi connectivity index (χ0v) is 18.1. The summed E-state index contributed by atoms with van der Waals surface area (Å²) in [7, 11) is 0. The number of para-hydroxylation sites is 1. The molecular formula is C24H21BrN2O3. The number of fused-ring (bicyclic) bond motifs is 1. The van der Waals surface area contributed by atoms with Gasteiger partial charge in [0.1, 0.15) is 12.4 Å². The quantitative estimate of drug-likeness (QED) is 0.260. The summed E-state index contributed by atoms with van der Waals surface area (Å²) in [5.41, 5.74) is 4.87. The van der Waals surface area contributed by atoms with Crippen molar-refractivity contribution in [1.29, 1.82) is 0 Å². The molecule has 0 bridgehead atoms. The SMILES string of the molecule is Cc1ccc(COc2ccc(Br)cc2[C@H](C[N+](=O)[O-])c2c[nH]c3ccccc23)cc1. The van der Waals surface area contributed by atoms with Crippen molar-refractivity contribution in [2.45, 2.75) is 19.4 Å². The van der Waals surface area contributed by atoms with Gasteiger partial charge >= 0.3 is 0 Å². The highest BCUT2D eigenvalue weighted by molar-refractivity contribution is 9.10. The van der Waals surface area contributed by atoms with Gasteiger partial charge in [-0.25, -0.2) is 0 Å². The van der Waals surface area contributed by atoms with E-state index in [1.807, 2.05) is 79.9 Å². The number of aromatic amines is 1. The van der Waals surface area contributed by atoms with Gasteiger partial charge < -0.3 is 9.72 Å². The second kappa shape index (κ2) is 8.71. The van der Waals surface area contributed by atoms with E-state index in [1.165, 1.54) is 5.56 Å². The molecule has 1 aromatic heterocycles. The number of aromatic nitrogens is 1. The zero-order chi connectivity index (χ0) is 21.1. The van der Waals surface area contributed by atoms with Crippen molar-refractivity contribution in [2.75, 3.05) is 6.54 Å². The fourth-order valence-corrected chi connectivity index (χ4v) is 4.04. The van der Waals surface area contributed by atoms with Crippen LogP contribution < -0.4 is 4.74 Å². The van der Waals surface area contributed by atoms with Gasteiger partial charge in [-0.15, -0.1) is 0 Å². The van der Waals surface area contributed by atoms with Gasteiger partial charge in [0.25, 0.3) is 0 Å². The van der Waals surface area contributed by atoms with Crippen LogP contribution in [0.5, 0.6) is 5.75 Å². The maximum Gasteiger partial charge on any atom is 0.214 e. The minimum Gasteiger partial charge on any atom is -0.489 e. The molecule has 30 heavy (non-hydrogen) atoms. The number of ether oxygens (including phenoxy) is 1. The number of H-pyrrole nitrogens is 1. The van der Waals surface area contributed by atoms with Crippen molar-refractivity contribution in [3.05, 3.63) is 110 Å². The van der Waals surface area contributed by atoms with Crippen LogP contribution in [-0.4, -0.2) is 16.5 Å². The molecule has 5 nitrogen and oxygen atoms in total. The number of benzene rings is 3. The first kappa shape index (κ1) is 20.2. The highest BCUT2D eigenvalue weighted by atomic mass is 79.9. The summed E-state index contributed by atoms with van der Waals surface area (Å²) in [6.07, 6.45) is 1.86. The molecular weight excluding hydrogens is 444 g/mol. The Bertz CT molecular complexity index is 1180. The molecule has 0 saturated carbocycles. The van der Waals surface area contributed by atoms with E-state index in [0.29, 0.717) is 12.4 Å². The van der Waals surface area contributed by atoms with E-state index in [2.05, 4.69) is 20.9 Å². The minimum absolute atomic E-state index is 0.223. The standard InChI is InChI=1S/C24H21BrN2O3/c1-16-6-8-17(9-7-16)15-30-24-11-10-18(25)12-20(24)22(14-27(28)29)21-13-26-23-5-3-2-4-19(21)23/h2-13,22,26H,14-15H2,1H3/t22-/m0/s1. The molecule has 4 aromatic rings. The van der Waals surface area contributed by atoms with Gasteiger partial charge in [0.05, 0.1) is 5.92 Å². The Hall–Kier alpha value is -3.12. The number of aryl methyl sites for hydroxylation is 1. The molecule has 0 unspecified atom stereocenters. The maximum atomic E-state index is 11.6. The third kappa shape index (κ3) is 4.39. The fraction of sp³-hybridized carbons (Fsp3) is 0.167. The van der Waals surface area contributed by atoms with Crippen LogP contribution in [0, 0.1) is 17.0 Å². The second-order valence-electron chi connectivity index (χ2n) is 7.31. The number of hydrogen-bond acceptors (Lipinski definition) is 3. The normalized spacial score (nSPS) is 12.1. The van der Waals surface area contributed by atoms with E-state index >= 15 is 0 Å². The molecule has 0 spiro atoms. The summed E-state index contributed by atoms with van der Waals surface area (Å²) in [5, 5.41) is 12.5. The number of nitro groups is 1. The lowest BCUT2D eigenvalue weighted by Gasteiger charge is -2.18. The number of halogens is 1. The zero-order valence-electron chi connectivity index (χ0n) is 16.5. The van der Waals surface area contributed by atoms with Gasteiger partial charge in [-0.05, 0) is 42.3 Å². The molecule has 1 atom stereocenters. The van der Waals surface area contributed by atoms with E-state index in [0.717, 1.165) is 32.1 Å². The Balaban J connectivity index is 1.73. The lowest BCUT2D eigenvalue weighted by Crippen LogP contribution is -2.15. The van der Waals surface area contributed by atoms with Crippen molar-refractivity contribution in [3.8, 4) is 5.75 Å². The Labute approximate surface area is 183 Å². The second-order valence-corrected chi connectivity index (χ2v) is 8.23. The molecule has 0 aliphatic heterocycles. The van der Waals surface area contributed by atoms with Crippen molar-refractivity contribution >= 4 is 26.8 Å². The molecule has 0 aliphatic rings. The Kier molecular flexibility index (Phi) is 5.86. The van der Waals surface area contributed by atoms with Crippen LogP contribution >= 0.6 is 15.9 Å². The third-order valence-electron chi connectivity index (χ3n) is 5.19. The molecule has 4 rings (SSSR count). The fourth-order valence-electron chi connectivity index (χ4n) is 3.66. The van der Waals surface area contributed by atoms with Crippen molar-refractivity contribution in [2.24, 2.45) is 0 Å². The molecule has 1 heterocycles. The van der Waals surface area contributed by atoms with Gasteiger partial charge in [-0.1, -0.05) is 64.0 Å². The van der Waals surface area contributed by atoms with Crippen LogP contribution in [0.3, 0.4) is 0 Å². The molecule has 0 saturated heterocycles. The van der Waals surface area contributed by atoms with Crippen molar-refractivity contribution < 1.29 is 9.66 Å². The summed E-state index contributed by atoms with van der Waals surface area (Å²) in [5.74, 6) is 0.206. The third-order valence-corrected chi connectivity index (χ3v) is 5.68. The van der Waals surface area contributed by atoms with Crippen LogP contribution in [0.15, 0.2) is 77.4 Å². The average Bonchev–Trinajstić information content (AvgIpc) is 3.16. The molecule has 152 valence electrons. The molecule has 0 amide bonds. The number of nitrogens with one attached hydrogen (secondary N) is 1. The van der Waals surface area contributed by atoms with E-state index in [1.54, 1.807) is 0 Å². The van der Waals surface area contributed by atoms with Crippen LogP contribution in [0.1, 0.15) is 28.2 Å². The summed E-state index contributed by atoms with van der Waals surface area (Å²) in [4.78, 5) is 14.5. The van der Waals surface area contributed by atoms with Crippen LogP contribution in [0.2, 0.25) is 0 Å². The molecule has 1 N–H and O–H groups in total. The summed E-state index contributed by atoms with van der Waals surface area (Å²) in [6, 6.07) is 21.7. The lowest BCUT2D eigenvalue weighted by atomic mass is 9.90. The van der Waals surface area contributed by atoms with E-state index < -0.39 is 5.92 Å². The van der Waals surface area contributed by atoms with Gasteiger partial charge in [-0.2, -0.15) is 0 Å². The van der Waals surface area contributed by atoms with E-state index in [-0.39, 0.29) is 11.5 Å². The number of rotatable bonds is 7. The summed E-state index contributed by atoms with van der Waals surface area (Å²) in [6.45, 7) is 2.22. The first-order chi connectivity index (χ1) is 14.5. The first-order valence-electron chi connectivity index (χ1n) is 9.67. The van der Waals surface area contributed by atoms with Crippen molar-refractivity contribution in [3.63, 3.8) is 0 Å². The lowest BCUT2D eigenvalue weighted by molar-refractivity contribution is -0.481. The first-order valence-corrected chi connectivity index (χ1v) is 10.5. The van der Waals surface area contributed by atoms with Gasteiger partial charge in [0.2, 0.25) is 6.54 Å². The summed E-state index contributed by atoms with van der Waals surface area (Å²) < 4.78 is 6.99. The predicted molar refractivity (Wildman–Crippen MR) is 122 cm³/mol. The predicted octanol–water partition coefficient (Wildman–Crippen LogP) is 6.23. The largest absolute Gasteiger partial charge is 0.489 e. The molecule has 0 fully saturated rings. The minimum atomic E-state index is -0.443. The monoisotopic (exact) mass is 464 g/mol. The number of hydrogen-bond donors (Lipinski definition) is 1. The maximum absolute atomic E-state index is 11.6. The smallest absolute Gasteiger partial charge is 0.214 e. The Morgan fingerprint density at radius 2 is 1.83 bits per heavy atom. The molecule has 3 aromatic carbocycles. The highest BCUT2D eigenvalue weighted by Gasteiger charge is 2.26. The van der Waals surface area contributed by atoms with Gasteiger partial charge in [0, 0.05) is 32.1 Å². The van der Waals surface area contributed by atoms with Crippen LogP contribution in [-0.2, 0) is 6.61 Å². The topological polar surface area (TPSA) is 68.2 Å². The van der Waals surface area contributed by atoms with E-state index in [9.17, 15) is 10.1 Å². The molecule has 6 heteroatoms. The Morgan fingerprint density at radius 1 is 1.07 bits per heavy atom. The Morgan fingerprint density at radius 3 is 2.60 bits per heavy atom. The van der Waals surface area contributed by atoms with Crippen LogP contribution in [0.25, 0.3) is 10.9 Å². The summed E-state index contributed by atoms with van der Waals surface area (Å²) >= 11 is 3.51. The molecule has 0 aliphatic carbocycles. The van der Waals surface area contributed by atoms with Crippen molar-refractivity contribution in [1.82, 2.24) is 4.98 Å². The van der Waals surface area contributed by atoms with Gasteiger partial charge in [-0.3, -0.25) is 10.1 Å².